The fraction of sp³-hybridized carbons (Fsp3) is 0.273. The maximum atomic E-state index is 12.2. The molecule has 0 atom stereocenters. The smallest absolute Gasteiger partial charge is 0.300 e. The summed E-state index contributed by atoms with van der Waals surface area (Å²) in [5.41, 5.74) is 1.32. The Labute approximate surface area is 90.5 Å². The molecule has 1 heterocycles. The van der Waals surface area contributed by atoms with E-state index in [0.717, 1.165) is 5.56 Å². The second-order valence-corrected chi connectivity index (χ2v) is 3.59. The van der Waals surface area contributed by atoms with E-state index in [-0.39, 0.29) is 11.5 Å². The van der Waals surface area contributed by atoms with E-state index in [2.05, 4.69) is 5.32 Å². The van der Waals surface area contributed by atoms with Crippen molar-refractivity contribution in [3.63, 3.8) is 0 Å². The van der Waals surface area contributed by atoms with Gasteiger partial charge >= 0.3 is 6.43 Å². The molecule has 0 fully saturated rings. The van der Waals surface area contributed by atoms with Crippen molar-refractivity contribution >= 4 is 17.4 Å². The molecule has 5 heteroatoms. The lowest BCUT2D eigenvalue weighted by Crippen LogP contribution is -2.20. The summed E-state index contributed by atoms with van der Waals surface area (Å²) in [6.07, 6.45) is -2.19. The van der Waals surface area contributed by atoms with Crippen molar-refractivity contribution < 1.29 is 18.4 Å². The van der Waals surface area contributed by atoms with Crippen LogP contribution in [0.1, 0.15) is 22.3 Å². The van der Waals surface area contributed by atoms with Gasteiger partial charge in [-0.25, -0.2) is 8.78 Å². The number of carbonyl (C=O) groups is 2. The number of fused-ring (bicyclic) bond motifs is 1. The number of nitrogens with one attached hydrogen (secondary N) is 1. The Morgan fingerprint density at radius 2 is 2.06 bits per heavy atom. The predicted octanol–water partition coefficient (Wildman–Crippen LogP) is 2.02. The summed E-state index contributed by atoms with van der Waals surface area (Å²) < 4.78 is 24.4. The predicted molar refractivity (Wildman–Crippen MR) is 53.7 cm³/mol. The minimum Gasteiger partial charge on any atom is -0.326 e. The summed E-state index contributed by atoms with van der Waals surface area (Å²) in [5.74, 6) is -1.28. The minimum absolute atomic E-state index is 0.00935. The third-order valence-corrected chi connectivity index (χ3v) is 2.48. The molecule has 1 aromatic rings. The van der Waals surface area contributed by atoms with Gasteiger partial charge in [-0.1, -0.05) is 0 Å². The van der Waals surface area contributed by atoms with E-state index in [4.69, 9.17) is 0 Å². The number of rotatable bonds is 2. The highest BCUT2D eigenvalue weighted by atomic mass is 19.3. The van der Waals surface area contributed by atoms with Gasteiger partial charge in [0.15, 0.2) is 0 Å². The van der Waals surface area contributed by atoms with Crippen molar-refractivity contribution in [1.82, 2.24) is 0 Å². The Kier molecular flexibility index (Phi) is 2.68. The Morgan fingerprint density at radius 3 is 2.75 bits per heavy atom. The van der Waals surface area contributed by atoms with E-state index in [1.165, 1.54) is 18.2 Å². The SMILES string of the molecule is O=C1CCc2cc(C(=O)C(F)F)ccc2N1. The summed E-state index contributed by atoms with van der Waals surface area (Å²) in [7, 11) is 0. The van der Waals surface area contributed by atoms with Crippen LogP contribution in [0, 0.1) is 0 Å². The van der Waals surface area contributed by atoms with Crippen LogP contribution in [0.25, 0.3) is 0 Å². The molecule has 0 radical (unpaired) electrons. The fourth-order valence-corrected chi connectivity index (χ4v) is 1.66. The third-order valence-electron chi connectivity index (χ3n) is 2.48. The maximum Gasteiger partial charge on any atom is 0.300 e. The molecule has 16 heavy (non-hydrogen) atoms. The molecular formula is C11H9F2NO2. The Hall–Kier alpha value is -1.78. The van der Waals surface area contributed by atoms with Crippen LogP contribution in [0.5, 0.6) is 0 Å². The first-order valence-corrected chi connectivity index (χ1v) is 4.83. The van der Waals surface area contributed by atoms with Gasteiger partial charge in [-0.3, -0.25) is 9.59 Å². The Bertz CT molecular complexity index is 457. The normalized spacial score (nSPS) is 14.6. The van der Waals surface area contributed by atoms with Gasteiger partial charge < -0.3 is 5.32 Å². The summed E-state index contributed by atoms with van der Waals surface area (Å²) in [6.45, 7) is 0. The number of halogens is 2. The molecule has 84 valence electrons. The zero-order chi connectivity index (χ0) is 11.7. The molecule has 1 aliphatic rings. The highest BCUT2D eigenvalue weighted by Crippen LogP contribution is 2.24. The van der Waals surface area contributed by atoms with E-state index in [1.807, 2.05) is 0 Å². The minimum atomic E-state index is -2.99. The summed E-state index contributed by atoms with van der Waals surface area (Å²) in [5, 5.41) is 2.62. The molecule has 3 nitrogen and oxygen atoms in total. The molecule has 0 aromatic heterocycles. The van der Waals surface area contributed by atoms with Crippen molar-refractivity contribution in [3.8, 4) is 0 Å². The molecule has 1 amide bonds. The van der Waals surface area contributed by atoms with Crippen LogP contribution in [-0.2, 0) is 11.2 Å². The van der Waals surface area contributed by atoms with E-state index in [1.54, 1.807) is 0 Å². The number of alkyl halides is 2. The number of Topliss-reactive ketones (excluding diaryl/α,β-unsaturated/α-hetero) is 1. The molecule has 0 saturated carbocycles. The zero-order valence-electron chi connectivity index (χ0n) is 8.30. The number of ketones is 1. The lowest BCUT2D eigenvalue weighted by atomic mass is 9.99. The molecule has 1 aromatic carbocycles. The molecule has 0 bridgehead atoms. The first-order valence-electron chi connectivity index (χ1n) is 4.83. The van der Waals surface area contributed by atoms with Crippen molar-refractivity contribution in [2.75, 3.05) is 5.32 Å². The summed E-state index contributed by atoms with van der Waals surface area (Å²) in [4.78, 5) is 22.1. The lowest BCUT2D eigenvalue weighted by Gasteiger charge is -2.17. The van der Waals surface area contributed by atoms with Gasteiger partial charge in [0.2, 0.25) is 11.7 Å². The molecule has 1 aliphatic heterocycles. The molecule has 0 aliphatic carbocycles. The second-order valence-electron chi connectivity index (χ2n) is 3.59. The first kappa shape index (κ1) is 10.7. The lowest BCUT2D eigenvalue weighted by molar-refractivity contribution is -0.116. The molecular weight excluding hydrogens is 216 g/mol. The van der Waals surface area contributed by atoms with Gasteiger partial charge in [0.1, 0.15) is 0 Å². The van der Waals surface area contributed by atoms with Crippen molar-refractivity contribution in [2.45, 2.75) is 19.3 Å². The number of aryl methyl sites for hydroxylation is 1. The maximum absolute atomic E-state index is 12.2. The van der Waals surface area contributed by atoms with Crippen LogP contribution in [-0.4, -0.2) is 18.1 Å². The van der Waals surface area contributed by atoms with Gasteiger partial charge in [-0.2, -0.15) is 0 Å². The van der Waals surface area contributed by atoms with Crippen LogP contribution >= 0.6 is 0 Å². The zero-order valence-corrected chi connectivity index (χ0v) is 8.30. The van der Waals surface area contributed by atoms with Crippen molar-refractivity contribution in [1.29, 1.82) is 0 Å². The van der Waals surface area contributed by atoms with E-state index in [0.29, 0.717) is 18.5 Å². The quantitative estimate of drug-likeness (QED) is 0.782. The molecule has 0 saturated heterocycles. The monoisotopic (exact) mass is 225 g/mol. The van der Waals surface area contributed by atoms with E-state index in [9.17, 15) is 18.4 Å². The van der Waals surface area contributed by atoms with Gasteiger partial charge in [-0.15, -0.1) is 0 Å². The summed E-state index contributed by atoms with van der Waals surface area (Å²) in [6, 6.07) is 4.21. The molecule has 2 rings (SSSR count). The molecule has 0 spiro atoms. The number of hydrogen-bond acceptors (Lipinski definition) is 2. The van der Waals surface area contributed by atoms with Crippen LogP contribution in [0.4, 0.5) is 14.5 Å². The summed E-state index contributed by atoms with van der Waals surface area (Å²) >= 11 is 0. The van der Waals surface area contributed by atoms with Crippen LogP contribution < -0.4 is 5.32 Å². The second kappa shape index (κ2) is 4.00. The largest absolute Gasteiger partial charge is 0.326 e. The number of amides is 1. The number of benzene rings is 1. The van der Waals surface area contributed by atoms with Gasteiger partial charge in [0.25, 0.3) is 0 Å². The Morgan fingerprint density at radius 1 is 1.31 bits per heavy atom. The number of anilines is 1. The van der Waals surface area contributed by atoms with Crippen molar-refractivity contribution in [2.24, 2.45) is 0 Å². The highest BCUT2D eigenvalue weighted by molar-refractivity contribution is 6.00. The average molecular weight is 225 g/mol. The molecule has 1 N–H and O–H groups in total. The third kappa shape index (κ3) is 1.93. The van der Waals surface area contributed by atoms with Crippen LogP contribution in [0.3, 0.4) is 0 Å². The molecule has 0 unspecified atom stereocenters. The van der Waals surface area contributed by atoms with Crippen LogP contribution in [0.2, 0.25) is 0 Å². The van der Waals surface area contributed by atoms with Crippen molar-refractivity contribution in [3.05, 3.63) is 29.3 Å². The van der Waals surface area contributed by atoms with Crippen LogP contribution in [0.15, 0.2) is 18.2 Å². The Balaban J connectivity index is 2.33. The average Bonchev–Trinajstić information content (AvgIpc) is 2.27. The van der Waals surface area contributed by atoms with E-state index >= 15 is 0 Å². The topological polar surface area (TPSA) is 46.2 Å². The fourth-order valence-electron chi connectivity index (χ4n) is 1.66. The standard InChI is InChI=1S/C11H9F2NO2/c12-11(13)10(16)7-1-3-8-6(5-7)2-4-9(15)14-8/h1,3,5,11H,2,4H2,(H,14,15). The number of carbonyl (C=O) groups excluding carboxylic acids is 2. The van der Waals surface area contributed by atoms with Gasteiger partial charge in [0, 0.05) is 17.7 Å². The first-order chi connectivity index (χ1) is 7.58. The highest BCUT2D eigenvalue weighted by Gasteiger charge is 2.21. The van der Waals surface area contributed by atoms with E-state index < -0.39 is 12.2 Å². The number of hydrogen-bond donors (Lipinski definition) is 1. The van der Waals surface area contributed by atoms with Gasteiger partial charge in [-0.05, 0) is 30.2 Å². The van der Waals surface area contributed by atoms with Gasteiger partial charge in [0.05, 0.1) is 0 Å².